The lowest BCUT2D eigenvalue weighted by molar-refractivity contribution is -0.150. The van der Waals surface area contributed by atoms with Crippen LogP contribution in [-0.2, 0) is 20.9 Å². The Bertz CT molecular complexity index is 990. The number of tetrazole rings is 1. The number of hydrogen-bond donors (Lipinski definition) is 2. The molecule has 2 aliphatic heterocycles. The van der Waals surface area contributed by atoms with Crippen molar-refractivity contribution in [1.82, 2.24) is 40.6 Å². The fourth-order valence-electron chi connectivity index (χ4n) is 2.90. The lowest BCUT2D eigenvalue weighted by atomic mass is 10.0. The van der Waals surface area contributed by atoms with Crippen molar-refractivity contribution in [1.29, 1.82) is 0 Å². The molecule has 152 valence electrons. The molecule has 15 heteroatoms. The molecule has 2 aliphatic rings. The highest BCUT2D eigenvalue weighted by Crippen LogP contribution is 2.40. The highest BCUT2D eigenvalue weighted by molar-refractivity contribution is 8.00. The lowest BCUT2D eigenvalue weighted by Crippen LogP contribution is -2.70. The summed E-state index contributed by atoms with van der Waals surface area (Å²) in [5.41, 5.74) is 0.337. The average Bonchev–Trinajstić information content (AvgIpc) is 3.35. The van der Waals surface area contributed by atoms with Gasteiger partial charge in [0.1, 0.15) is 41.6 Å². The van der Waals surface area contributed by atoms with Gasteiger partial charge in [0.15, 0.2) is 0 Å². The number of carbonyl (C=O) groups excluding carboxylic acids is 2. The van der Waals surface area contributed by atoms with Crippen molar-refractivity contribution >= 4 is 40.9 Å². The second-order valence-corrected chi connectivity index (χ2v) is 8.34. The molecule has 0 radical (unpaired) electrons. The first-order chi connectivity index (χ1) is 13.9. The molecule has 2 aromatic rings. The highest BCUT2D eigenvalue weighted by Gasteiger charge is 2.54. The Labute approximate surface area is 171 Å². The van der Waals surface area contributed by atoms with Crippen LogP contribution in [0.3, 0.4) is 0 Å². The topological polar surface area (TPSA) is 165 Å². The van der Waals surface area contributed by atoms with E-state index in [4.69, 9.17) is 4.74 Å². The van der Waals surface area contributed by atoms with Crippen LogP contribution in [0.15, 0.2) is 17.6 Å². The summed E-state index contributed by atoms with van der Waals surface area (Å²) >= 11 is 2.60. The van der Waals surface area contributed by atoms with Gasteiger partial charge in [0.25, 0.3) is 11.1 Å². The Morgan fingerprint density at radius 3 is 2.90 bits per heavy atom. The third-order valence-electron chi connectivity index (χ3n) is 4.14. The van der Waals surface area contributed by atoms with Gasteiger partial charge in [0, 0.05) is 11.3 Å². The third kappa shape index (κ3) is 3.77. The number of carboxylic acids is 1. The zero-order valence-corrected chi connectivity index (χ0v) is 16.5. The minimum atomic E-state index is -1.23. The van der Waals surface area contributed by atoms with Crippen molar-refractivity contribution in [2.24, 2.45) is 0 Å². The molecular weight excluding hydrogens is 424 g/mol. The molecular formula is C14H14N8O5S2. The first-order valence-electron chi connectivity index (χ1n) is 8.27. The fraction of sp³-hybridized carbons (Fsp3) is 0.429. The zero-order valence-electron chi connectivity index (χ0n) is 14.9. The SMILES string of the molecule is Cc1nnc(OCC2=C(C(=O)O)N3C(=O)[C@@H](NC(=O)Cn4cnnn4)[C@H]3SC2)s1. The second kappa shape index (κ2) is 7.75. The molecule has 2 amide bonds. The van der Waals surface area contributed by atoms with Crippen LogP contribution in [0.1, 0.15) is 5.01 Å². The normalized spacial score (nSPS) is 20.9. The Morgan fingerprint density at radius 2 is 2.24 bits per heavy atom. The highest BCUT2D eigenvalue weighted by atomic mass is 32.2. The number of ether oxygens (including phenoxy) is 1. The van der Waals surface area contributed by atoms with E-state index in [0.29, 0.717) is 16.5 Å². The van der Waals surface area contributed by atoms with E-state index in [1.54, 1.807) is 6.92 Å². The first kappa shape index (κ1) is 19.3. The van der Waals surface area contributed by atoms with Gasteiger partial charge in [-0.25, -0.2) is 9.48 Å². The van der Waals surface area contributed by atoms with Gasteiger partial charge >= 0.3 is 5.97 Å². The van der Waals surface area contributed by atoms with Crippen LogP contribution in [-0.4, -0.2) is 82.0 Å². The van der Waals surface area contributed by atoms with Gasteiger partial charge in [-0.2, -0.15) is 0 Å². The summed E-state index contributed by atoms with van der Waals surface area (Å²) in [7, 11) is 0. The molecule has 13 nitrogen and oxygen atoms in total. The van der Waals surface area contributed by atoms with E-state index in [0.717, 1.165) is 5.01 Å². The van der Waals surface area contributed by atoms with Crippen molar-refractivity contribution in [3.8, 4) is 5.19 Å². The van der Waals surface area contributed by atoms with Gasteiger partial charge in [0.05, 0.1) is 0 Å². The van der Waals surface area contributed by atoms with Gasteiger partial charge in [-0.15, -0.1) is 27.1 Å². The predicted octanol–water partition coefficient (Wildman–Crippen LogP) is -1.35. The van der Waals surface area contributed by atoms with E-state index in [1.165, 1.54) is 39.0 Å². The van der Waals surface area contributed by atoms with E-state index in [2.05, 4.69) is 31.0 Å². The number of aromatic nitrogens is 6. The number of rotatable bonds is 7. The quantitative estimate of drug-likeness (QED) is 0.491. The summed E-state index contributed by atoms with van der Waals surface area (Å²) in [6.07, 6.45) is 1.28. The molecule has 2 atom stereocenters. The van der Waals surface area contributed by atoms with Crippen molar-refractivity contribution in [3.63, 3.8) is 0 Å². The number of fused-ring (bicyclic) bond motifs is 1. The maximum Gasteiger partial charge on any atom is 0.352 e. The Hall–Kier alpha value is -3.07. The van der Waals surface area contributed by atoms with Gasteiger partial charge in [-0.05, 0) is 17.4 Å². The lowest BCUT2D eigenvalue weighted by Gasteiger charge is -2.49. The minimum absolute atomic E-state index is 0.0178. The summed E-state index contributed by atoms with van der Waals surface area (Å²) in [5.74, 6) is -1.83. The van der Waals surface area contributed by atoms with E-state index >= 15 is 0 Å². The third-order valence-corrected chi connectivity index (χ3v) is 6.23. The van der Waals surface area contributed by atoms with E-state index in [-0.39, 0.29) is 18.8 Å². The van der Waals surface area contributed by atoms with Crippen LogP contribution < -0.4 is 10.1 Å². The second-order valence-electron chi connectivity index (χ2n) is 6.10. The van der Waals surface area contributed by atoms with Gasteiger partial charge in [0.2, 0.25) is 5.91 Å². The number of hydrogen-bond acceptors (Lipinski definition) is 11. The van der Waals surface area contributed by atoms with E-state index in [1.807, 2.05) is 0 Å². The molecule has 0 spiro atoms. The minimum Gasteiger partial charge on any atom is -0.477 e. The van der Waals surface area contributed by atoms with Crippen molar-refractivity contribution in [3.05, 3.63) is 22.6 Å². The summed E-state index contributed by atoms with van der Waals surface area (Å²) in [4.78, 5) is 37.7. The van der Waals surface area contributed by atoms with Crippen LogP contribution in [0.25, 0.3) is 0 Å². The monoisotopic (exact) mass is 438 g/mol. The standard InChI is InChI=1S/C14H14N8O5S2/c1-6-17-18-14(29-6)27-3-7-4-28-12-9(11(24)22(12)10(7)13(25)26)16-8(23)2-21-5-15-19-20-21/h5,9,12H,2-4H2,1H3,(H,16,23)(H,25,26)/t9-,12-/m1/s1. The largest absolute Gasteiger partial charge is 0.477 e. The number of carboxylic acid groups (broad SMARTS) is 1. The van der Waals surface area contributed by atoms with Crippen LogP contribution in [0, 0.1) is 6.92 Å². The smallest absolute Gasteiger partial charge is 0.352 e. The maximum atomic E-state index is 12.6. The number of β-lactam (4-membered cyclic amide) rings is 1. The molecule has 4 heterocycles. The maximum absolute atomic E-state index is 12.6. The predicted molar refractivity (Wildman–Crippen MR) is 97.6 cm³/mol. The number of carbonyl (C=O) groups is 3. The number of thioether (sulfide) groups is 1. The average molecular weight is 438 g/mol. The fourth-order valence-corrected chi connectivity index (χ4v) is 4.76. The molecule has 0 saturated carbocycles. The van der Waals surface area contributed by atoms with Crippen molar-refractivity contribution in [2.75, 3.05) is 12.4 Å². The summed E-state index contributed by atoms with van der Waals surface area (Å²) < 4.78 is 6.74. The van der Waals surface area contributed by atoms with Crippen molar-refractivity contribution in [2.45, 2.75) is 24.9 Å². The van der Waals surface area contributed by atoms with Crippen LogP contribution in [0.2, 0.25) is 0 Å². The Kier molecular flexibility index (Phi) is 5.14. The van der Waals surface area contributed by atoms with Gasteiger partial charge in [-0.1, -0.05) is 11.3 Å². The summed E-state index contributed by atoms with van der Waals surface area (Å²) in [6.45, 7) is 1.62. The number of aryl methyl sites for hydroxylation is 1. The zero-order chi connectivity index (χ0) is 20.5. The van der Waals surface area contributed by atoms with Crippen LogP contribution >= 0.6 is 23.1 Å². The summed E-state index contributed by atoms with van der Waals surface area (Å²) in [5, 5.41) is 30.9. The summed E-state index contributed by atoms with van der Waals surface area (Å²) in [6, 6.07) is -0.813. The molecule has 2 N–H and O–H groups in total. The van der Waals surface area contributed by atoms with E-state index < -0.39 is 29.2 Å². The van der Waals surface area contributed by atoms with Gasteiger partial charge in [-0.3, -0.25) is 14.5 Å². The number of nitrogens with zero attached hydrogens (tertiary/aromatic N) is 7. The molecule has 1 fully saturated rings. The Balaban J connectivity index is 1.44. The molecule has 4 rings (SSSR count). The van der Waals surface area contributed by atoms with Crippen LogP contribution in [0.5, 0.6) is 5.19 Å². The molecule has 2 aromatic heterocycles. The number of aliphatic carboxylic acids is 1. The van der Waals surface area contributed by atoms with E-state index in [9.17, 15) is 19.5 Å². The molecule has 1 saturated heterocycles. The van der Waals surface area contributed by atoms with Gasteiger partial charge < -0.3 is 15.2 Å². The Morgan fingerprint density at radius 1 is 1.41 bits per heavy atom. The number of amides is 2. The van der Waals surface area contributed by atoms with Crippen molar-refractivity contribution < 1.29 is 24.2 Å². The molecule has 29 heavy (non-hydrogen) atoms. The molecule has 0 bridgehead atoms. The first-order valence-corrected chi connectivity index (χ1v) is 10.1. The molecule has 0 aliphatic carbocycles. The molecule has 0 unspecified atom stereocenters. The number of nitrogens with one attached hydrogen (secondary N) is 1. The molecule has 0 aromatic carbocycles. The van der Waals surface area contributed by atoms with Crippen LogP contribution in [0.4, 0.5) is 0 Å².